The maximum absolute atomic E-state index is 12.7. The Labute approximate surface area is 129 Å². The average Bonchev–Trinajstić information content (AvgIpc) is 2.37. The number of benzene rings is 1. The summed E-state index contributed by atoms with van der Waals surface area (Å²) in [7, 11) is -7.03. The van der Waals surface area contributed by atoms with Crippen molar-refractivity contribution in [3.05, 3.63) is 28.8 Å². The molecule has 2 N–H and O–H groups in total. The Bertz CT molecular complexity index is 747. The molecule has 9 heteroatoms. The molecule has 1 aliphatic heterocycles. The van der Waals surface area contributed by atoms with Crippen LogP contribution in [0.4, 0.5) is 0 Å². The zero-order valence-corrected chi connectivity index (χ0v) is 13.9. The van der Waals surface area contributed by atoms with E-state index in [2.05, 4.69) is 0 Å². The monoisotopic (exact) mass is 352 g/mol. The SMILES string of the molecule is CC1CS(=O)(=O)CCN1S(=O)(=O)c1cc(CN)ccc1Cl. The molecule has 1 fully saturated rings. The molecule has 1 aromatic carbocycles. The van der Waals surface area contributed by atoms with E-state index in [1.165, 1.54) is 16.4 Å². The molecule has 1 aliphatic rings. The molecular weight excluding hydrogens is 336 g/mol. The Balaban J connectivity index is 2.43. The maximum Gasteiger partial charge on any atom is 0.244 e. The molecule has 0 aromatic heterocycles. The molecule has 0 radical (unpaired) electrons. The van der Waals surface area contributed by atoms with Crippen molar-refractivity contribution in [2.24, 2.45) is 5.73 Å². The van der Waals surface area contributed by atoms with E-state index < -0.39 is 25.9 Å². The van der Waals surface area contributed by atoms with E-state index in [4.69, 9.17) is 17.3 Å². The predicted molar refractivity (Wildman–Crippen MR) is 81.4 cm³/mol. The van der Waals surface area contributed by atoms with Gasteiger partial charge in [0.1, 0.15) is 4.90 Å². The number of sulfone groups is 1. The van der Waals surface area contributed by atoms with E-state index in [1.807, 2.05) is 0 Å². The number of hydrogen-bond donors (Lipinski definition) is 1. The highest BCUT2D eigenvalue weighted by atomic mass is 35.5. The highest BCUT2D eigenvalue weighted by molar-refractivity contribution is 7.92. The van der Waals surface area contributed by atoms with Crippen molar-refractivity contribution in [3.63, 3.8) is 0 Å². The van der Waals surface area contributed by atoms with E-state index in [0.717, 1.165) is 0 Å². The molecule has 21 heavy (non-hydrogen) atoms. The van der Waals surface area contributed by atoms with E-state index in [-0.39, 0.29) is 34.5 Å². The number of nitrogens with zero attached hydrogens (tertiary/aromatic N) is 1. The maximum atomic E-state index is 12.7. The van der Waals surface area contributed by atoms with Crippen LogP contribution in [0.3, 0.4) is 0 Å². The van der Waals surface area contributed by atoms with Crippen LogP contribution in [0.15, 0.2) is 23.1 Å². The Morgan fingerprint density at radius 3 is 2.67 bits per heavy atom. The highest BCUT2D eigenvalue weighted by Gasteiger charge is 2.37. The largest absolute Gasteiger partial charge is 0.326 e. The van der Waals surface area contributed by atoms with Gasteiger partial charge in [-0.1, -0.05) is 17.7 Å². The summed E-state index contributed by atoms with van der Waals surface area (Å²) >= 11 is 6.00. The van der Waals surface area contributed by atoms with Gasteiger partial charge in [-0.25, -0.2) is 16.8 Å². The van der Waals surface area contributed by atoms with Gasteiger partial charge in [-0.2, -0.15) is 4.31 Å². The lowest BCUT2D eigenvalue weighted by molar-refractivity contribution is 0.357. The molecule has 0 amide bonds. The van der Waals surface area contributed by atoms with Gasteiger partial charge in [-0.3, -0.25) is 0 Å². The second kappa shape index (κ2) is 5.85. The summed E-state index contributed by atoms with van der Waals surface area (Å²) in [4.78, 5) is -0.0294. The molecule has 0 spiro atoms. The van der Waals surface area contributed by atoms with Crippen molar-refractivity contribution >= 4 is 31.5 Å². The number of rotatable bonds is 3. The highest BCUT2D eigenvalue weighted by Crippen LogP contribution is 2.28. The van der Waals surface area contributed by atoms with Crippen molar-refractivity contribution in [1.29, 1.82) is 0 Å². The van der Waals surface area contributed by atoms with E-state index in [9.17, 15) is 16.8 Å². The summed E-state index contributed by atoms with van der Waals surface area (Å²) in [5.74, 6) is -0.356. The molecule has 1 aromatic rings. The Morgan fingerprint density at radius 2 is 2.10 bits per heavy atom. The quantitative estimate of drug-likeness (QED) is 0.859. The van der Waals surface area contributed by atoms with Crippen molar-refractivity contribution in [2.75, 3.05) is 18.1 Å². The second-order valence-corrected chi connectivity index (χ2v) is 9.54. The zero-order chi connectivity index (χ0) is 15.8. The number of sulfonamides is 1. The third kappa shape index (κ3) is 3.40. The fraction of sp³-hybridized carbons (Fsp3) is 0.500. The van der Waals surface area contributed by atoms with E-state index in [0.29, 0.717) is 5.56 Å². The first-order valence-corrected chi connectivity index (χ1v) is 10.0. The number of nitrogens with two attached hydrogens (primary N) is 1. The molecule has 2 rings (SSSR count). The lowest BCUT2D eigenvalue weighted by Crippen LogP contribution is -2.49. The van der Waals surface area contributed by atoms with Gasteiger partial charge in [0.2, 0.25) is 10.0 Å². The summed E-state index contributed by atoms with van der Waals surface area (Å²) in [5.41, 5.74) is 6.17. The van der Waals surface area contributed by atoms with Crippen LogP contribution in [-0.2, 0) is 26.4 Å². The molecule has 118 valence electrons. The number of halogens is 1. The molecule has 0 bridgehead atoms. The molecule has 1 heterocycles. The zero-order valence-electron chi connectivity index (χ0n) is 11.5. The number of hydrogen-bond acceptors (Lipinski definition) is 5. The minimum atomic E-state index is -3.84. The van der Waals surface area contributed by atoms with Crippen molar-refractivity contribution in [1.82, 2.24) is 4.31 Å². The first kappa shape index (κ1) is 16.7. The fourth-order valence-electron chi connectivity index (χ4n) is 2.34. The minimum Gasteiger partial charge on any atom is -0.326 e. The van der Waals surface area contributed by atoms with E-state index in [1.54, 1.807) is 13.0 Å². The van der Waals surface area contributed by atoms with E-state index >= 15 is 0 Å². The molecular formula is C12H17ClN2O4S2. The topological polar surface area (TPSA) is 97.5 Å². The first-order chi connectivity index (χ1) is 9.67. The summed E-state index contributed by atoms with van der Waals surface area (Å²) in [6.07, 6.45) is 0. The van der Waals surface area contributed by atoms with Crippen LogP contribution in [-0.4, -0.2) is 45.2 Å². The standard InChI is InChI=1S/C12H17ClN2O4S2/c1-9-8-20(16,17)5-4-15(9)21(18,19)12-6-10(7-14)2-3-11(12)13/h2-3,6,9H,4-5,7-8,14H2,1H3. The summed E-state index contributed by atoms with van der Waals surface area (Å²) < 4.78 is 49.7. The van der Waals surface area contributed by atoms with Gasteiger partial charge in [-0.05, 0) is 24.6 Å². The molecule has 0 aliphatic carbocycles. The normalized spacial score (nSPS) is 23.1. The summed E-state index contributed by atoms with van der Waals surface area (Å²) in [6, 6.07) is 3.97. The van der Waals surface area contributed by atoms with Crippen LogP contribution < -0.4 is 5.73 Å². The van der Waals surface area contributed by atoms with Gasteiger partial charge >= 0.3 is 0 Å². The molecule has 6 nitrogen and oxygen atoms in total. The lowest BCUT2D eigenvalue weighted by Gasteiger charge is -2.32. The molecule has 1 atom stereocenters. The van der Waals surface area contributed by atoms with Crippen LogP contribution in [0.25, 0.3) is 0 Å². The van der Waals surface area contributed by atoms with Gasteiger partial charge in [0.05, 0.1) is 16.5 Å². The van der Waals surface area contributed by atoms with Gasteiger partial charge in [0.25, 0.3) is 0 Å². The van der Waals surface area contributed by atoms with Gasteiger partial charge < -0.3 is 5.73 Å². The van der Waals surface area contributed by atoms with Crippen LogP contribution >= 0.6 is 11.6 Å². The third-order valence-corrected chi connectivity index (χ3v) is 7.72. The van der Waals surface area contributed by atoms with Crippen molar-refractivity contribution in [3.8, 4) is 0 Å². The van der Waals surface area contributed by atoms with Crippen LogP contribution in [0.5, 0.6) is 0 Å². The van der Waals surface area contributed by atoms with Crippen molar-refractivity contribution < 1.29 is 16.8 Å². The summed E-state index contributed by atoms with van der Waals surface area (Å²) in [5, 5.41) is 0.104. The average molecular weight is 353 g/mol. The predicted octanol–water partition coefficient (Wildman–Crippen LogP) is 0.606. The Kier molecular flexibility index (Phi) is 4.65. The Morgan fingerprint density at radius 1 is 1.43 bits per heavy atom. The first-order valence-electron chi connectivity index (χ1n) is 6.38. The van der Waals surface area contributed by atoms with Gasteiger partial charge in [0.15, 0.2) is 9.84 Å². The molecule has 1 saturated heterocycles. The molecule has 1 unspecified atom stereocenters. The van der Waals surface area contributed by atoms with Gasteiger partial charge in [-0.15, -0.1) is 0 Å². The summed E-state index contributed by atoms with van der Waals surface area (Å²) in [6.45, 7) is 1.72. The third-order valence-electron chi connectivity index (χ3n) is 3.43. The van der Waals surface area contributed by atoms with Gasteiger partial charge in [0, 0.05) is 19.1 Å². The lowest BCUT2D eigenvalue weighted by atomic mass is 10.2. The molecule has 0 saturated carbocycles. The minimum absolute atomic E-state index is 0.0294. The second-order valence-electron chi connectivity index (χ2n) is 5.05. The van der Waals surface area contributed by atoms with Crippen LogP contribution in [0, 0.1) is 0 Å². The van der Waals surface area contributed by atoms with Crippen LogP contribution in [0.2, 0.25) is 5.02 Å². The smallest absolute Gasteiger partial charge is 0.244 e. The Hall–Kier alpha value is -0.670. The van der Waals surface area contributed by atoms with Crippen molar-refractivity contribution in [2.45, 2.75) is 24.4 Å². The fourth-order valence-corrected chi connectivity index (χ4v) is 6.26. The van der Waals surface area contributed by atoms with Crippen LogP contribution in [0.1, 0.15) is 12.5 Å².